The zero-order valence-corrected chi connectivity index (χ0v) is 11.2. The Morgan fingerprint density at radius 1 is 1.06 bits per heavy atom. The molecule has 0 saturated heterocycles. The van der Waals surface area contributed by atoms with Crippen LogP contribution in [0.15, 0.2) is 24.3 Å². The first-order chi connectivity index (χ1) is 8.27. The summed E-state index contributed by atoms with van der Waals surface area (Å²) in [6.45, 7) is 4.51. The van der Waals surface area contributed by atoms with Crippen molar-refractivity contribution in [1.82, 2.24) is 5.32 Å². The van der Waals surface area contributed by atoms with E-state index in [9.17, 15) is 0 Å². The van der Waals surface area contributed by atoms with E-state index in [4.69, 9.17) is 0 Å². The third kappa shape index (κ3) is 3.57. The Morgan fingerprint density at radius 3 is 2.35 bits per heavy atom. The van der Waals surface area contributed by atoms with Gasteiger partial charge in [0.15, 0.2) is 0 Å². The minimum atomic E-state index is 0.485. The van der Waals surface area contributed by atoms with Gasteiger partial charge in [0, 0.05) is 12.1 Å². The van der Waals surface area contributed by atoms with Gasteiger partial charge >= 0.3 is 0 Å². The van der Waals surface area contributed by atoms with Crippen molar-refractivity contribution in [1.29, 1.82) is 0 Å². The molecule has 1 heteroatoms. The molecule has 0 heterocycles. The fourth-order valence-electron chi connectivity index (χ4n) is 2.96. The highest BCUT2D eigenvalue weighted by molar-refractivity contribution is 5.28. The van der Waals surface area contributed by atoms with E-state index in [1.165, 1.54) is 49.7 Å². The number of benzene rings is 1. The van der Waals surface area contributed by atoms with Gasteiger partial charge in [0.1, 0.15) is 0 Å². The van der Waals surface area contributed by atoms with Crippen molar-refractivity contribution < 1.29 is 0 Å². The molecule has 0 aliphatic heterocycles. The number of hydrogen-bond donors (Lipinski definition) is 1. The summed E-state index contributed by atoms with van der Waals surface area (Å²) in [7, 11) is 0. The SMILES string of the molecule is Cc1ccccc1C(C)NC1CCCCCC1. The predicted molar refractivity (Wildman–Crippen MR) is 74.2 cm³/mol. The molecule has 1 aliphatic carbocycles. The number of nitrogens with one attached hydrogen (secondary N) is 1. The largest absolute Gasteiger partial charge is 0.307 e. The van der Waals surface area contributed by atoms with E-state index in [-0.39, 0.29) is 0 Å². The lowest BCUT2D eigenvalue weighted by Crippen LogP contribution is -2.31. The van der Waals surface area contributed by atoms with E-state index in [0.29, 0.717) is 6.04 Å². The Hall–Kier alpha value is -0.820. The summed E-state index contributed by atoms with van der Waals surface area (Å²) in [6, 6.07) is 9.95. The van der Waals surface area contributed by atoms with Crippen LogP contribution < -0.4 is 5.32 Å². The van der Waals surface area contributed by atoms with Crippen LogP contribution in [0.2, 0.25) is 0 Å². The normalized spacial score (nSPS) is 19.9. The molecular weight excluding hydrogens is 206 g/mol. The first-order valence-corrected chi connectivity index (χ1v) is 7.09. The first kappa shape index (κ1) is 12.6. The molecule has 0 bridgehead atoms. The summed E-state index contributed by atoms with van der Waals surface area (Å²) in [5.41, 5.74) is 2.86. The average Bonchev–Trinajstić information content (AvgIpc) is 2.58. The molecule has 1 atom stereocenters. The molecule has 2 rings (SSSR count). The number of hydrogen-bond acceptors (Lipinski definition) is 1. The highest BCUT2D eigenvalue weighted by Gasteiger charge is 2.15. The second kappa shape index (κ2) is 6.20. The van der Waals surface area contributed by atoms with Crippen molar-refractivity contribution in [3.63, 3.8) is 0 Å². The van der Waals surface area contributed by atoms with E-state index < -0.39 is 0 Å². The molecule has 1 nitrogen and oxygen atoms in total. The van der Waals surface area contributed by atoms with Crippen molar-refractivity contribution in [3.05, 3.63) is 35.4 Å². The Balaban J connectivity index is 1.96. The van der Waals surface area contributed by atoms with Gasteiger partial charge in [-0.05, 0) is 37.8 Å². The minimum absolute atomic E-state index is 0.485. The molecule has 1 aromatic carbocycles. The van der Waals surface area contributed by atoms with Crippen LogP contribution in [0.5, 0.6) is 0 Å². The second-order valence-electron chi connectivity index (χ2n) is 5.43. The van der Waals surface area contributed by atoms with Crippen LogP contribution in [0.4, 0.5) is 0 Å². The van der Waals surface area contributed by atoms with Crippen LogP contribution in [0.25, 0.3) is 0 Å². The Kier molecular flexibility index (Phi) is 4.61. The van der Waals surface area contributed by atoms with Crippen molar-refractivity contribution in [2.45, 2.75) is 64.5 Å². The zero-order chi connectivity index (χ0) is 12.1. The van der Waals surface area contributed by atoms with E-state index in [1.54, 1.807) is 0 Å². The fourth-order valence-corrected chi connectivity index (χ4v) is 2.96. The summed E-state index contributed by atoms with van der Waals surface area (Å²) >= 11 is 0. The van der Waals surface area contributed by atoms with Crippen molar-refractivity contribution in [2.24, 2.45) is 0 Å². The van der Waals surface area contributed by atoms with Gasteiger partial charge in [-0.15, -0.1) is 0 Å². The maximum atomic E-state index is 3.82. The molecular formula is C16H25N. The summed E-state index contributed by atoms with van der Waals surface area (Å²) in [6.07, 6.45) is 8.37. The third-order valence-corrected chi connectivity index (χ3v) is 4.00. The van der Waals surface area contributed by atoms with Crippen molar-refractivity contribution >= 4 is 0 Å². The van der Waals surface area contributed by atoms with Gasteiger partial charge in [0.25, 0.3) is 0 Å². The fraction of sp³-hybridized carbons (Fsp3) is 0.625. The van der Waals surface area contributed by atoms with Crippen LogP contribution in [-0.2, 0) is 0 Å². The molecule has 0 aromatic heterocycles. The summed E-state index contributed by atoms with van der Waals surface area (Å²) in [5.74, 6) is 0. The molecule has 1 fully saturated rings. The summed E-state index contributed by atoms with van der Waals surface area (Å²) < 4.78 is 0. The van der Waals surface area contributed by atoms with E-state index >= 15 is 0 Å². The van der Waals surface area contributed by atoms with Gasteiger partial charge in [-0.25, -0.2) is 0 Å². The molecule has 94 valence electrons. The van der Waals surface area contributed by atoms with Gasteiger partial charge < -0.3 is 5.32 Å². The Morgan fingerprint density at radius 2 is 1.71 bits per heavy atom. The molecule has 0 spiro atoms. The third-order valence-electron chi connectivity index (χ3n) is 4.00. The zero-order valence-electron chi connectivity index (χ0n) is 11.2. The van der Waals surface area contributed by atoms with Gasteiger partial charge in [-0.2, -0.15) is 0 Å². The van der Waals surface area contributed by atoms with Gasteiger partial charge in [0.05, 0.1) is 0 Å². The number of aryl methyl sites for hydroxylation is 1. The Bertz CT molecular complexity index is 337. The minimum Gasteiger partial charge on any atom is -0.307 e. The molecule has 1 unspecified atom stereocenters. The summed E-state index contributed by atoms with van der Waals surface area (Å²) in [4.78, 5) is 0. The van der Waals surface area contributed by atoms with Crippen LogP contribution in [0, 0.1) is 6.92 Å². The smallest absolute Gasteiger partial charge is 0.0296 e. The maximum absolute atomic E-state index is 3.82. The molecule has 0 amide bonds. The van der Waals surface area contributed by atoms with Gasteiger partial charge in [0.2, 0.25) is 0 Å². The number of rotatable bonds is 3. The molecule has 1 aliphatic rings. The standard InChI is InChI=1S/C16H25N/c1-13-9-7-8-12-16(13)14(2)17-15-10-5-3-4-6-11-15/h7-9,12,14-15,17H,3-6,10-11H2,1-2H3. The molecule has 1 N–H and O–H groups in total. The topological polar surface area (TPSA) is 12.0 Å². The van der Waals surface area contributed by atoms with E-state index in [1.807, 2.05) is 0 Å². The average molecular weight is 231 g/mol. The van der Waals surface area contributed by atoms with E-state index in [0.717, 1.165) is 6.04 Å². The van der Waals surface area contributed by atoms with E-state index in [2.05, 4.69) is 43.4 Å². The maximum Gasteiger partial charge on any atom is 0.0296 e. The van der Waals surface area contributed by atoms with Gasteiger partial charge in [-0.1, -0.05) is 49.9 Å². The second-order valence-corrected chi connectivity index (χ2v) is 5.43. The highest BCUT2D eigenvalue weighted by Crippen LogP contribution is 2.22. The van der Waals surface area contributed by atoms with Crippen molar-refractivity contribution in [2.75, 3.05) is 0 Å². The predicted octanol–water partition coefficient (Wildman–Crippen LogP) is 4.37. The van der Waals surface area contributed by atoms with Crippen LogP contribution in [-0.4, -0.2) is 6.04 Å². The Labute approximate surface area is 106 Å². The van der Waals surface area contributed by atoms with Crippen molar-refractivity contribution in [3.8, 4) is 0 Å². The molecule has 1 saturated carbocycles. The highest BCUT2D eigenvalue weighted by atomic mass is 14.9. The first-order valence-electron chi connectivity index (χ1n) is 7.09. The lowest BCUT2D eigenvalue weighted by Gasteiger charge is -2.23. The van der Waals surface area contributed by atoms with Crippen LogP contribution in [0.1, 0.15) is 62.6 Å². The molecule has 0 radical (unpaired) electrons. The lowest BCUT2D eigenvalue weighted by molar-refractivity contribution is 0.413. The van der Waals surface area contributed by atoms with Crippen LogP contribution in [0.3, 0.4) is 0 Å². The molecule has 17 heavy (non-hydrogen) atoms. The van der Waals surface area contributed by atoms with Crippen LogP contribution >= 0.6 is 0 Å². The van der Waals surface area contributed by atoms with Gasteiger partial charge in [-0.3, -0.25) is 0 Å². The quantitative estimate of drug-likeness (QED) is 0.762. The monoisotopic (exact) mass is 231 g/mol. The summed E-state index contributed by atoms with van der Waals surface area (Å²) in [5, 5.41) is 3.82. The molecule has 1 aromatic rings. The lowest BCUT2D eigenvalue weighted by atomic mass is 10.0.